The fourth-order valence-electron chi connectivity index (χ4n) is 4.38. The molecular weight excluding hydrogens is 432 g/mol. The number of carbonyl (C=O) groups excluding carboxylic acids is 2. The fourth-order valence-corrected chi connectivity index (χ4v) is 5.92. The summed E-state index contributed by atoms with van der Waals surface area (Å²) in [5, 5.41) is 4.05. The number of anilines is 1. The van der Waals surface area contributed by atoms with E-state index >= 15 is 0 Å². The molecule has 1 aromatic carbocycles. The van der Waals surface area contributed by atoms with Crippen molar-refractivity contribution in [3.63, 3.8) is 0 Å². The number of hydrogen-bond acceptors (Lipinski definition) is 4. The topological polar surface area (TPSA) is 58.6 Å². The summed E-state index contributed by atoms with van der Waals surface area (Å²) in [4.78, 5) is 29.6. The van der Waals surface area contributed by atoms with Gasteiger partial charge in [0.05, 0.1) is 29.4 Å². The van der Waals surface area contributed by atoms with E-state index in [2.05, 4.69) is 26.1 Å². The number of morpholine rings is 1. The Morgan fingerprint density at radius 3 is 2.58 bits per heavy atom. The number of nitrogens with zero attached hydrogens (tertiary/aromatic N) is 1. The maximum absolute atomic E-state index is 13.5. The third-order valence-corrected chi connectivity index (χ3v) is 7.85. The largest absolute Gasteiger partial charge is 0.378 e. The van der Waals surface area contributed by atoms with Gasteiger partial charge in [0.2, 0.25) is 0 Å². The molecule has 1 aliphatic heterocycles. The van der Waals surface area contributed by atoms with E-state index in [9.17, 15) is 9.59 Å². The normalized spacial score (nSPS) is 19.1. The molecule has 1 atom stereocenters. The molecule has 2 heterocycles. The lowest BCUT2D eigenvalue weighted by Gasteiger charge is -2.34. The van der Waals surface area contributed by atoms with Gasteiger partial charge >= 0.3 is 0 Å². The zero-order valence-corrected chi connectivity index (χ0v) is 19.9. The average Bonchev–Trinajstić information content (AvgIpc) is 3.10. The van der Waals surface area contributed by atoms with Gasteiger partial charge in [0.1, 0.15) is 5.00 Å². The number of benzene rings is 1. The first-order valence-electron chi connectivity index (χ1n) is 10.8. The lowest BCUT2D eigenvalue weighted by molar-refractivity contribution is 0.0303. The molecule has 2 aliphatic rings. The Morgan fingerprint density at radius 1 is 1.19 bits per heavy atom. The molecule has 4 rings (SSSR count). The Bertz CT molecular complexity index is 989. The van der Waals surface area contributed by atoms with Crippen molar-refractivity contribution in [1.82, 2.24) is 4.90 Å². The monoisotopic (exact) mass is 460 g/mol. The van der Waals surface area contributed by atoms with E-state index in [1.54, 1.807) is 35.6 Å². The molecule has 2 aromatic rings. The first-order valence-corrected chi connectivity index (χ1v) is 12.0. The van der Waals surface area contributed by atoms with Crippen LogP contribution in [0, 0.1) is 11.3 Å². The van der Waals surface area contributed by atoms with Gasteiger partial charge in [-0.05, 0) is 48.3 Å². The number of carbonyl (C=O) groups is 2. The van der Waals surface area contributed by atoms with Crippen LogP contribution in [0.15, 0.2) is 24.3 Å². The van der Waals surface area contributed by atoms with Crippen molar-refractivity contribution in [2.45, 2.75) is 40.0 Å². The number of hydrogen-bond donors (Lipinski definition) is 1. The third kappa shape index (κ3) is 4.66. The van der Waals surface area contributed by atoms with Crippen LogP contribution in [0.2, 0.25) is 5.02 Å². The van der Waals surface area contributed by atoms with E-state index in [1.807, 2.05) is 4.90 Å². The van der Waals surface area contributed by atoms with Crippen LogP contribution in [0.1, 0.15) is 58.3 Å². The van der Waals surface area contributed by atoms with Crippen molar-refractivity contribution < 1.29 is 14.3 Å². The number of thiophene rings is 1. The van der Waals surface area contributed by atoms with Crippen LogP contribution in [0.5, 0.6) is 0 Å². The van der Waals surface area contributed by atoms with Gasteiger partial charge in [0.15, 0.2) is 0 Å². The lowest BCUT2D eigenvalue weighted by atomic mass is 9.72. The second kappa shape index (κ2) is 8.93. The Balaban J connectivity index is 1.69. The van der Waals surface area contributed by atoms with Crippen molar-refractivity contribution in [2.24, 2.45) is 11.3 Å². The SMILES string of the molecule is CC(C)(C)[C@H]1CCc2c(sc(NC(=O)c3ccccc3Cl)c2C(=O)N2CCOCC2)C1. The summed E-state index contributed by atoms with van der Waals surface area (Å²) >= 11 is 7.78. The number of halogens is 1. The van der Waals surface area contributed by atoms with E-state index in [-0.39, 0.29) is 17.2 Å². The van der Waals surface area contributed by atoms with Gasteiger partial charge in [-0.3, -0.25) is 9.59 Å². The first kappa shape index (κ1) is 22.3. The van der Waals surface area contributed by atoms with Gasteiger partial charge < -0.3 is 15.0 Å². The maximum atomic E-state index is 13.5. The highest BCUT2D eigenvalue weighted by molar-refractivity contribution is 7.17. The zero-order valence-electron chi connectivity index (χ0n) is 18.3. The van der Waals surface area contributed by atoms with Crippen LogP contribution in [-0.2, 0) is 17.6 Å². The molecule has 2 amide bonds. The molecule has 31 heavy (non-hydrogen) atoms. The van der Waals surface area contributed by atoms with Crippen molar-refractivity contribution in [2.75, 3.05) is 31.6 Å². The van der Waals surface area contributed by atoms with E-state index in [1.165, 1.54) is 4.88 Å². The van der Waals surface area contributed by atoms with E-state index in [0.717, 1.165) is 24.8 Å². The Labute approximate surface area is 192 Å². The van der Waals surface area contributed by atoms with Gasteiger partial charge in [-0.25, -0.2) is 0 Å². The summed E-state index contributed by atoms with van der Waals surface area (Å²) in [6, 6.07) is 6.98. The summed E-state index contributed by atoms with van der Waals surface area (Å²) in [7, 11) is 0. The van der Waals surface area contributed by atoms with Crippen LogP contribution < -0.4 is 5.32 Å². The molecule has 1 aromatic heterocycles. The smallest absolute Gasteiger partial charge is 0.257 e. The van der Waals surface area contributed by atoms with E-state index < -0.39 is 0 Å². The Hall–Kier alpha value is -1.89. The molecule has 5 nitrogen and oxygen atoms in total. The van der Waals surface area contributed by atoms with Crippen LogP contribution >= 0.6 is 22.9 Å². The number of amides is 2. The second-order valence-corrected chi connectivity index (χ2v) is 10.9. The summed E-state index contributed by atoms with van der Waals surface area (Å²) in [5.74, 6) is 0.258. The minimum Gasteiger partial charge on any atom is -0.378 e. The van der Waals surface area contributed by atoms with Crippen LogP contribution in [0.4, 0.5) is 5.00 Å². The minimum absolute atomic E-state index is 0.00975. The Kier molecular flexibility index (Phi) is 6.42. The molecule has 1 N–H and O–H groups in total. The highest BCUT2D eigenvalue weighted by Gasteiger charge is 2.35. The lowest BCUT2D eigenvalue weighted by Crippen LogP contribution is -2.41. The van der Waals surface area contributed by atoms with Gasteiger partial charge in [-0.1, -0.05) is 44.5 Å². The Morgan fingerprint density at radius 2 is 1.90 bits per heavy atom. The highest BCUT2D eigenvalue weighted by Crippen LogP contribution is 2.44. The molecule has 0 unspecified atom stereocenters. The van der Waals surface area contributed by atoms with Crippen LogP contribution in [-0.4, -0.2) is 43.0 Å². The standard InChI is InChI=1S/C24H29ClN2O3S/c1-24(2,3)15-8-9-17-19(14-15)31-22(20(17)23(29)27-10-12-30-13-11-27)26-21(28)16-6-4-5-7-18(16)25/h4-7,15H,8-14H2,1-3H3,(H,26,28)/t15-/m0/s1. The third-order valence-electron chi connectivity index (χ3n) is 6.35. The van der Waals surface area contributed by atoms with Gasteiger partial charge in [0, 0.05) is 18.0 Å². The molecule has 0 bridgehead atoms. The first-order chi connectivity index (χ1) is 14.8. The molecular formula is C24H29ClN2O3S. The van der Waals surface area contributed by atoms with E-state index in [0.29, 0.717) is 53.4 Å². The fraction of sp³-hybridized carbons (Fsp3) is 0.500. The minimum atomic E-state index is -0.285. The van der Waals surface area contributed by atoms with Gasteiger partial charge in [-0.15, -0.1) is 11.3 Å². The summed E-state index contributed by atoms with van der Waals surface area (Å²) in [6.07, 6.45) is 2.85. The molecule has 1 aliphatic carbocycles. The van der Waals surface area contributed by atoms with Gasteiger partial charge in [0.25, 0.3) is 11.8 Å². The molecule has 7 heteroatoms. The molecule has 0 radical (unpaired) electrons. The highest BCUT2D eigenvalue weighted by atomic mass is 35.5. The predicted octanol–water partition coefficient (Wildman–Crippen LogP) is 5.28. The summed E-state index contributed by atoms with van der Waals surface area (Å²) in [6.45, 7) is 9.07. The number of fused-ring (bicyclic) bond motifs is 1. The molecule has 166 valence electrons. The maximum Gasteiger partial charge on any atom is 0.257 e. The summed E-state index contributed by atoms with van der Waals surface area (Å²) in [5.41, 5.74) is 2.39. The molecule has 1 fully saturated rings. The number of rotatable bonds is 3. The number of nitrogens with one attached hydrogen (secondary N) is 1. The van der Waals surface area contributed by atoms with E-state index in [4.69, 9.17) is 16.3 Å². The van der Waals surface area contributed by atoms with Crippen molar-refractivity contribution >= 4 is 39.8 Å². The molecule has 0 saturated carbocycles. The van der Waals surface area contributed by atoms with Crippen LogP contribution in [0.25, 0.3) is 0 Å². The quantitative estimate of drug-likeness (QED) is 0.678. The van der Waals surface area contributed by atoms with Crippen molar-refractivity contribution in [1.29, 1.82) is 0 Å². The average molecular weight is 461 g/mol. The predicted molar refractivity (Wildman–Crippen MR) is 125 cm³/mol. The zero-order chi connectivity index (χ0) is 22.2. The number of ether oxygens (including phenoxy) is 1. The molecule has 1 saturated heterocycles. The summed E-state index contributed by atoms with van der Waals surface area (Å²) < 4.78 is 5.42. The van der Waals surface area contributed by atoms with Crippen LogP contribution in [0.3, 0.4) is 0 Å². The van der Waals surface area contributed by atoms with Crippen molar-refractivity contribution in [3.05, 3.63) is 50.9 Å². The van der Waals surface area contributed by atoms with Gasteiger partial charge in [-0.2, -0.15) is 0 Å². The van der Waals surface area contributed by atoms with Crippen molar-refractivity contribution in [3.8, 4) is 0 Å². The molecule has 0 spiro atoms. The second-order valence-electron chi connectivity index (χ2n) is 9.35.